The van der Waals surface area contributed by atoms with E-state index in [4.69, 9.17) is 55.9 Å². The van der Waals surface area contributed by atoms with Gasteiger partial charge < -0.3 is 14.6 Å². The van der Waals surface area contributed by atoms with Gasteiger partial charge in [-0.05, 0) is 48.0 Å². The number of hydrogen-bond acceptors (Lipinski definition) is 5. The standard InChI is InChI=1S/C26H19Cl4NO4/c1-34-25(32)22(35-26(33)24-18(29)6-3-7-19(24)30)13-14-8-10-20-15(12-14)9-11-21(31-20)23-16(27)4-2-5-17(23)28/h2-12,22,25,32H,13H2,1H3/t22?,25-/m1/s1. The zero-order valence-corrected chi connectivity index (χ0v) is 21.4. The molecule has 0 fully saturated rings. The van der Waals surface area contributed by atoms with Crippen molar-refractivity contribution in [3.8, 4) is 11.3 Å². The second-order valence-electron chi connectivity index (χ2n) is 7.69. The van der Waals surface area contributed by atoms with Crippen molar-refractivity contribution in [3.05, 3.63) is 97.9 Å². The third-order valence-electron chi connectivity index (χ3n) is 5.39. The SMILES string of the molecule is CO[C@@H](O)C(Cc1ccc2nc(-c3c(Cl)cccc3Cl)ccc2c1)OC(=O)c1c(Cl)cccc1Cl. The molecule has 0 amide bonds. The summed E-state index contributed by atoms with van der Waals surface area (Å²) in [5.41, 5.74) is 2.86. The van der Waals surface area contributed by atoms with E-state index < -0.39 is 18.4 Å². The fraction of sp³-hybridized carbons (Fsp3) is 0.154. The Hall–Kier alpha value is -2.38. The quantitative estimate of drug-likeness (QED) is 0.194. The van der Waals surface area contributed by atoms with Crippen LogP contribution in [0.15, 0.2) is 66.7 Å². The first-order valence-electron chi connectivity index (χ1n) is 10.5. The van der Waals surface area contributed by atoms with E-state index in [1.807, 2.05) is 30.3 Å². The van der Waals surface area contributed by atoms with Crippen LogP contribution >= 0.6 is 46.4 Å². The number of rotatable bonds is 7. The number of ether oxygens (including phenoxy) is 2. The van der Waals surface area contributed by atoms with E-state index in [1.165, 1.54) is 19.2 Å². The fourth-order valence-corrected chi connectivity index (χ4v) is 4.80. The Balaban J connectivity index is 1.60. The second-order valence-corrected chi connectivity index (χ2v) is 9.32. The first kappa shape index (κ1) is 25.7. The van der Waals surface area contributed by atoms with E-state index in [1.54, 1.807) is 24.3 Å². The predicted octanol–water partition coefficient (Wildman–Crippen LogP) is 7.25. The van der Waals surface area contributed by atoms with Crippen LogP contribution in [0.4, 0.5) is 0 Å². The zero-order valence-electron chi connectivity index (χ0n) is 18.3. The predicted molar refractivity (Wildman–Crippen MR) is 140 cm³/mol. The summed E-state index contributed by atoms with van der Waals surface area (Å²) in [4.78, 5) is 17.4. The lowest BCUT2D eigenvalue weighted by Crippen LogP contribution is -2.34. The summed E-state index contributed by atoms with van der Waals surface area (Å²) >= 11 is 24.9. The number of benzene rings is 3. The molecule has 0 aliphatic heterocycles. The Bertz CT molecular complexity index is 1350. The molecular formula is C26H19Cl4NO4. The van der Waals surface area contributed by atoms with Crippen molar-refractivity contribution in [1.29, 1.82) is 0 Å². The maximum atomic E-state index is 12.8. The van der Waals surface area contributed by atoms with Gasteiger partial charge in [0.25, 0.3) is 0 Å². The Morgan fingerprint density at radius 1 is 0.914 bits per heavy atom. The van der Waals surface area contributed by atoms with Crippen molar-refractivity contribution in [3.63, 3.8) is 0 Å². The molecular weight excluding hydrogens is 532 g/mol. The number of halogens is 4. The van der Waals surface area contributed by atoms with Gasteiger partial charge in [0.15, 0.2) is 12.4 Å². The monoisotopic (exact) mass is 549 g/mol. The zero-order chi connectivity index (χ0) is 25.1. The van der Waals surface area contributed by atoms with Crippen molar-refractivity contribution in [1.82, 2.24) is 4.98 Å². The molecule has 5 nitrogen and oxygen atoms in total. The smallest absolute Gasteiger partial charge is 0.341 e. The highest BCUT2D eigenvalue weighted by Gasteiger charge is 2.27. The highest BCUT2D eigenvalue weighted by atomic mass is 35.5. The Kier molecular flexibility index (Phi) is 8.17. The molecule has 1 unspecified atom stereocenters. The number of aliphatic hydroxyl groups is 1. The molecule has 3 aromatic carbocycles. The molecule has 0 spiro atoms. The first-order valence-corrected chi connectivity index (χ1v) is 12.0. The number of methoxy groups -OCH3 is 1. The number of pyridine rings is 1. The van der Waals surface area contributed by atoms with Crippen LogP contribution in [0.5, 0.6) is 0 Å². The minimum absolute atomic E-state index is 0.0256. The lowest BCUT2D eigenvalue weighted by molar-refractivity contribution is -0.146. The van der Waals surface area contributed by atoms with Crippen molar-refractivity contribution in [2.45, 2.75) is 18.8 Å². The van der Waals surface area contributed by atoms with Gasteiger partial charge in [-0.2, -0.15) is 0 Å². The molecule has 0 saturated heterocycles. The molecule has 2 atom stereocenters. The van der Waals surface area contributed by atoms with E-state index in [0.29, 0.717) is 21.3 Å². The summed E-state index contributed by atoms with van der Waals surface area (Å²) in [6.45, 7) is 0. The fourth-order valence-electron chi connectivity index (χ4n) is 3.66. The summed E-state index contributed by atoms with van der Waals surface area (Å²) in [6.07, 6.45) is -2.19. The van der Waals surface area contributed by atoms with Crippen molar-refractivity contribution in [2.24, 2.45) is 0 Å². The van der Waals surface area contributed by atoms with Crippen LogP contribution in [0.3, 0.4) is 0 Å². The maximum Gasteiger partial charge on any atom is 0.341 e. The van der Waals surface area contributed by atoms with Crippen molar-refractivity contribution in [2.75, 3.05) is 7.11 Å². The van der Waals surface area contributed by atoms with Crippen LogP contribution in [-0.2, 0) is 15.9 Å². The molecule has 4 aromatic rings. The number of carbonyl (C=O) groups is 1. The van der Waals surface area contributed by atoms with Crippen LogP contribution in [0, 0.1) is 0 Å². The van der Waals surface area contributed by atoms with Crippen LogP contribution in [0.25, 0.3) is 22.2 Å². The minimum atomic E-state index is -1.36. The lowest BCUT2D eigenvalue weighted by atomic mass is 10.0. The first-order chi connectivity index (χ1) is 16.8. The summed E-state index contributed by atoms with van der Waals surface area (Å²) in [7, 11) is 1.32. The number of aliphatic hydroxyl groups excluding tert-OH is 1. The van der Waals surface area contributed by atoms with Crippen molar-refractivity contribution < 1.29 is 19.4 Å². The molecule has 180 valence electrons. The highest BCUT2D eigenvalue weighted by Crippen LogP contribution is 2.34. The van der Waals surface area contributed by atoms with Gasteiger partial charge >= 0.3 is 5.97 Å². The van der Waals surface area contributed by atoms with Crippen LogP contribution in [0.1, 0.15) is 15.9 Å². The molecule has 9 heteroatoms. The number of carbonyl (C=O) groups excluding carboxylic acids is 1. The topological polar surface area (TPSA) is 68.7 Å². The van der Waals surface area contributed by atoms with Gasteiger partial charge in [0.05, 0.1) is 36.9 Å². The maximum absolute atomic E-state index is 12.8. The Morgan fingerprint density at radius 3 is 2.17 bits per heavy atom. The number of hydrogen-bond donors (Lipinski definition) is 1. The van der Waals surface area contributed by atoms with E-state index in [0.717, 1.165) is 16.5 Å². The van der Waals surface area contributed by atoms with E-state index in [-0.39, 0.29) is 22.0 Å². The summed E-state index contributed by atoms with van der Waals surface area (Å²) in [5.74, 6) is -0.759. The molecule has 4 rings (SSSR count). The molecule has 1 N–H and O–H groups in total. The van der Waals surface area contributed by atoms with Gasteiger partial charge in [0.2, 0.25) is 0 Å². The number of esters is 1. The molecule has 0 aliphatic rings. The van der Waals surface area contributed by atoms with Crippen LogP contribution in [-0.4, -0.2) is 35.6 Å². The molecule has 0 bridgehead atoms. The summed E-state index contributed by atoms with van der Waals surface area (Å²) < 4.78 is 10.6. The van der Waals surface area contributed by atoms with Crippen molar-refractivity contribution >= 4 is 63.3 Å². The summed E-state index contributed by atoms with van der Waals surface area (Å²) in [5, 5.41) is 12.5. The molecule has 0 aliphatic carbocycles. The molecule has 0 saturated carbocycles. The van der Waals surface area contributed by atoms with Gasteiger partial charge in [-0.3, -0.25) is 0 Å². The number of aromatic nitrogens is 1. The molecule has 0 radical (unpaired) electrons. The van der Waals surface area contributed by atoms with Gasteiger partial charge in [0, 0.05) is 24.5 Å². The van der Waals surface area contributed by atoms with Gasteiger partial charge in [-0.15, -0.1) is 0 Å². The Labute approximate surface area is 222 Å². The lowest BCUT2D eigenvalue weighted by Gasteiger charge is -2.23. The average molecular weight is 551 g/mol. The van der Waals surface area contributed by atoms with Crippen LogP contribution < -0.4 is 0 Å². The average Bonchev–Trinajstić information content (AvgIpc) is 2.83. The largest absolute Gasteiger partial charge is 0.453 e. The van der Waals surface area contributed by atoms with Crippen LogP contribution in [0.2, 0.25) is 20.1 Å². The molecule has 1 aromatic heterocycles. The third kappa shape index (κ3) is 5.72. The van der Waals surface area contributed by atoms with E-state index >= 15 is 0 Å². The van der Waals surface area contributed by atoms with Gasteiger partial charge in [-0.1, -0.05) is 70.7 Å². The number of fused-ring (bicyclic) bond motifs is 1. The summed E-state index contributed by atoms with van der Waals surface area (Å²) in [6, 6.07) is 19.3. The minimum Gasteiger partial charge on any atom is -0.453 e. The third-order valence-corrected chi connectivity index (χ3v) is 6.65. The molecule has 35 heavy (non-hydrogen) atoms. The number of nitrogens with zero attached hydrogens (tertiary/aromatic N) is 1. The van der Waals surface area contributed by atoms with E-state index in [9.17, 15) is 9.90 Å². The highest BCUT2D eigenvalue weighted by molar-refractivity contribution is 6.39. The normalized spacial score (nSPS) is 13.0. The second kappa shape index (κ2) is 11.1. The Morgan fingerprint density at radius 2 is 1.54 bits per heavy atom. The van der Waals surface area contributed by atoms with Gasteiger partial charge in [-0.25, -0.2) is 9.78 Å². The van der Waals surface area contributed by atoms with Gasteiger partial charge in [0.1, 0.15) is 0 Å². The van der Waals surface area contributed by atoms with E-state index in [2.05, 4.69) is 4.98 Å². The molecule has 1 heterocycles.